The Hall–Kier alpha value is -3.39. The van der Waals surface area contributed by atoms with Gasteiger partial charge < -0.3 is 24.3 Å². The van der Waals surface area contributed by atoms with Gasteiger partial charge in [-0.1, -0.05) is 6.07 Å². The molecule has 0 saturated carbocycles. The fraction of sp³-hybridized carbons (Fsp3) is 0.292. The molecule has 1 fully saturated rings. The highest BCUT2D eigenvalue weighted by Gasteiger charge is 2.41. The summed E-state index contributed by atoms with van der Waals surface area (Å²) in [7, 11) is 3.07. The highest BCUT2D eigenvalue weighted by molar-refractivity contribution is 7.80. The van der Waals surface area contributed by atoms with E-state index in [1.807, 2.05) is 54.7 Å². The van der Waals surface area contributed by atoms with Crippen molar-refractivity contribution in [3.05, 3.63) is 78.4 Å². The molecule has 3 heterocycles. The van der Waals surface area contributed by atoms with Crippen LogP contribution in [-0.4, -0.2) is 46.3 Å². The van der Waals surface area contributed by atoms with E-state index in [0.717, 1.165) is 22.8 Å². The molecule has 166 valence electrons. The van der Waals surface area contributed by atoms with Crippen molar-refractivity contribution in [1.82, 2.24) is 19.8 Å². The van der Waals surface area contributed by atoms with E-state index in [2.05, 4.69) is 25.8 Å². The van der Waals surface area contributed by atoms with Crippen LogP contribution in [-0.2, 0) is 9.53 Å². The number of hydrogen-bond donors (Lipinski definition) is 1. The number of ether oxygens (including phenoxy) is 2. The molecule has 0 aliphatic carbocycles. The summed E-state index contributed by atoms with van der Waals surface area (Å²) >= 11 is 5.71. The third-order valence-corrected chi connectivity index (χ3v) is 5.99. The number of thiocarbonyl (C=S) groups is 1. The van der Waals surface area contributed by atoms with Gasteiger partial charge in [0.2, 0.25) is 0 Å². The molecule has 0 bridgehead atoms. The molecule has 2 aromatic heterocycles. The molecule has 1 saturated heterocycles. The molecule has 1 aromatic carbocycles. The van der Waals surface area contributed by atoms with Gasteiger partial charge in [-0.15, -0.1) is 0 Å². The molecule has 4 rings (SSSR count). The molecule has 32 heavy (non-hydrogen) atoms. The number of rotatable bonds is 8. The smallest absolute Gasteiger partial charge is 0.305 e. The highest BCUT2D eigenvalue weighted by atomic mass is 32.1. The molecule has 0 radical (unpaired) electrons. The molecule has 0 amide bonds. The van der Waals surface area contributed by atoms with Crippen LogP contribution in [0.4, 0.5) is 0 Å². The summed E-state index contributed by atoms with van der Waals surface area (Å²) < 4.78 is 12.3. The Balaban J connectivity index is 1.70. The van der Waals surface area contributed by atoms with Gasteiger partial charge >= 0.3 is 5.97 Å². The van der Waals surface area contributed by atoms with E-state index in [0.29, 0.717) is 24.5 Å². The van der Waals surface area contributed by atoms with Crippen molar-refractivity contribution in [1.29, 1.82) is 0 Å². The van der Waals surface area contributed by atoms with Crippen LogP contribution in [0.5, 0.6) is 5.75 Å². The van der Waals surface area contributed by atoms with Crippen molar-refractivity contribution < 1.29 is 14.3 Å². The number of methoxy groups -OCH3 is 2. The van der Waals surface area contributed by atoms with E-state index in [1.54, 1.807) is 13.3 Å². The lowest BCUT2D eigenvalue weighted by Gasteiger charge is -2.29. The zero-order valence-corrected chi connectivity index (χ0v) is 18.9. The topological polar surface area (TPSA) is 68.6 Å². The van der Waals surface area contributed by atoms with Crippen LogP contribution in [0.15, 0.2) is 67.0 Å². The summed E-state index contributed by atoms with van der Waals surface area (Å²) in [4.78, 5) is 18.4. The van der Waals surface area contributed by atoms with E-state index in [1.165, 1.54) is 7.11 Å². The van der Waals surface area contributed by atoms with E-state index < -0.39 is 0 Å². The van der Waals surface area contributed by atoms with Crippen molar-refractivity contribution >= 4 is 23.3 Å². The van der Waals surface area contributed by atoms with Crippen LogP contribution in [0.3, 0.4) is 0 Å². The molecular formula is C24H26N4O3S. The first-order chi connectivity index (χ1) is 15.6. The predicted octanol–water partition coefficient (Wildman–Crippen LogP) is 3.81. The maximum Gasteiger partial charge on any atom is 0.305 e. The SMILES string of the molecule is COC(=O)CCCN1C(=S)NC(c2ccccn2)C1c1cccn1-c1ccc(OC)cc1. The Labute approximate surface area is 193 Å². The summed E-state index contributed by atoms with van der Waals surface area (Å²) in [5.41, 5.74) is 3.02. The van der Waals surface area contributed by atoms with Gasteiger partial charge in [-0.25, -0.2) is 0 Å². The Kier molecular flexibility index (Phi) is 6.70. The number of pyridine rings is 1. The first-order valence-electron chi connectivity index (χ1n) is 10.5. The van der Waals surface area contributed by atoms with Gasteiger partial charge in [-0.05, 0) is 67.2 Å². The second-order valence-corrected chi connectivity index (χ2v) is 7.89. The summed E-state index contributed by atoms with van der Waals surface area (Å²) in [6, 6.07) is 17.8. The number of esters is 1. The molecule has 2 atom stereocenters. The van der Waals surface area contributed by atoms with Crippen molar-refractivity contribution in [2.45, 2.75) is 24.9 Å². The standard InChI is InChI=1S/C24H26N4O3S/c1-30-18-12-10-17(11-13-18)27-15-5-8-20(27)23-22(19-7-3-4-14-25-19)26-24(32)28(23)16-6-9-21(29)31-2/h3-5,7-8,10-15,22-23H,6,9,16H2,1-2H3,(H,26,32). The third-order valence-electron chi connectivity index (χ3n) is 5.64. The van der Waals surface area contributed by atoms with Crippen LogP contribution >= 0.6 is 12.2 Å². The molecule has 3 aromatic rings. The number of carbonyl (C=O) groups excluding carboxylic acids is 1. The van der Waals surface area contributed by atoms with Gasteiger partial charge in [0.05, 0.1) is 32.0 Å². The number of aromatic nitrogens is 2. The van der Waals surface area contributed by atoms with Crippen molar-refractivity contribution in [2.24, 2.45) is 0 Å². The molecule has 0 spiro atoms. The van der Waals surface area contributed by atoms with Crippen LogP contribution in [0.1, 0.15) is 36.3 Å². The lowest BCUT2D eigenvalue weighted by molar-refractivity contribution is -0.140. The quantitative estimate of drug-likeness (QED) is 0.413. The summed E-state index contributed by atoms with van der Waals surface area (Å²) in [5.74, 6) is 0.587. The average Bonchev–Trinajstić information content (AvgIpc) is 3.44. The molecular weight excluding hydrogens is 424 g/mol. The summed E-state index contributed by atoms with van der Waals surface area (Å²) in [6.07, 6.45) is 4.82. The van der Waals surface area contributed by atoms with Crippen LogP contribution in [0.2, 0.25) is 0 Å². The first kappa shape index (κ1) is 21.8. The Bertz CT molecular complexity index is 1070. The largest absolute Gasteiger partial charge is 0.497 e. The van der Waals surface area contributed by atoms with Gasteiger partial charge in [-0.2, -0.15) is 0 Å². The minimum Gasteiger partial charge on any atom is -0.497 e. The van der Waals surface area contributed by atoms with E-state index in [-0.39, 0.29) is 18.1 Å². The monoisotopic (exact) mass is 450 g/mol. The molecule has 7 nitrogen and oxygen atoms in total. The minimum absolute atomic E-state index is 0.0906. The molecule has 1 N–H and O–H groups in total. The highest BCUT2D eigenvalue weighted by Crippen LogP contribution is 2.39. The van der Waals surface area contributed by atoms with Gasteiger partial charge in [-0.3, -0.25) is 9.78 Å². The van der Waals surface area contributed by atoms with Crippen LogP contribution in [0, 0.1) is 0 Å². The fourth-order valence-corrected chi connectivity index (χ4v) is 4.41. The van der Waals surface area contributed by atoms with Crippen molar-refractivity contribution in [3.8, 4) is 11.4 Å². The second kappa shape index (κ2) is 9.82. The Morgan fingerprint density at radius 1 is 1.12 bits per heavy atom. The first-order valence-corrected chi connectivity index (χ1v) is 10.9. The molecule has 1 aliphatic heterocycles. The normalized spacial score (nSPS) is 17.8. The maximum atomic E-state index is 11.6. The molecule has 2 unspecified atom stereocenters. The summed E-state index contributed by atoms with van der Waals surface area (Å²) in [6.45, 7) is 0.628. The minimum atomic E-state index is -0.220. The number of carbonyl (C=O) groups is 1. The predicted molar refractivity (Wildman–Crippen MR) is 126 cm³/mol. The second-order valence-electron chi connectivity index (χ2n) is 7.50. The van der Waals surface area contributed by atoms with Gasteiger partial charge in [0.15, 0.2) is 5.11 Å². The number of nitrogens with one attached hydrogen (secondary N) is 1. The molecule has 8 heteroatoms. The maximum absolute atomic E-state index is 11.6. The van der Waals surface area contributed by atoms with Crippen molar-refractivity contribution in [3.63, 3.8) is 0 Å². The zero-order chi connectivity index (χ0) is 22.5. The van der Waals surface area contributed by atoms with Gasteiger partial charge in [0, 0.05) is 36.7 Å². The summed E-state index contributed by atoms with van der Waals surface area (Å²) in [5, 5.41) is 4.10. The van der Waals surface area contributed by atoms with Gasteiger partial charge in [0.1, 0.15) is 5.75 Å². The van der Waals surface area contributed by atoms with E-state index >= 15 is 0 Å². The van der Waals surface area contributed by atoms with Crippen LogP contribution in [0.25, 0.3) is 5.69 Å². The Morgan fingerprint density at radius 3 is 2.62 bits per heavy atom. The lowest BCUT2D eigenvalue weighted by atomic mass is 10.0. The van der Waals surface area contributed by atoms with E-state index in [4.69, 9.17) is 21.7 Å². The van der Waals surface area contributed by atoms with E-state index in [9.17, 15) is 4.79 Å². The number of hydrogen-bond acceptors (Lipinski definition) is 5. The third kappa shape index (κ3) is 4.45. The average molecular weight is 451 g/mol. The Morgan fingerprint density at radius 2 is 1.94 bits per heavy atom. The number of nitrogens with zero attached hydrogens (tertiary/aromatic N) is 3. The molecule has 1 aliphatic rings. The van der Waals surface area contributed by atoms with Crippen molar-refractivity contribution in [2.75, 3.05) is 20.8 Å². The zero-order valence-electron chi connectivity index (χ0n) is 18.1. The van der Waals surface area contributed by atoms with Crippen LogP contribution < -0.4 is 10.1 Å². The lowest BCUT2D eigenvalue weighted by Crippen LogP contribution is -2.31. The fourth-order valence-electron chi connectivity index (χ4n) is 4.08. The van der Waals surface area contributed by atoms with Gasteiger partial charge in [0.25, 0.3) is 0 Å². The number of benzene rings is 1.